The van der Waals surface area contributed by atoms with Crippen molar-refractivity contribution in [2.24, 2.45) is 0 Å². The van der Waals surface area contributed by atoms with Crippen LogP contribution in [0.1, 0.15) is 36.4 Å². The number of likely N-dealkylation sites (N-methyl/N-ethyl adjacent to an activating group) is 1. The highest BCUT2D eigenvalue weighted by molar-refractivity contribution is 5.98. The summed E-state index contributed by atoms with van der Waals surface area (Å²) < 4.78 is 0. The van der Waals surface area contributed by atoms with E-state index in [4.69, 9.17) is 0 Å². The van der Waals surface area contributed by atoms with Gasteiger partial charge in [-0.3, -0.25) is 9.59 Å². The van der Waals surface area contributed by atoms with Crippen molar-refractivity contribution in [3.8, 4) is 0 Å². The Kier molecular flexibility index (Phi) is 6.82. The molecular formula is C23H29N3O2. The summed E-state index contributed by atoms with van der Waals surface area (Å²) in [4.78, 5) is 29.5. The van der Waals surface area contributed by atoms with Gasteiger partial charge in [0.25, 0.3) is 5.91 Å². The van der Waals surface area contributed by atoms with Crippen molar-refractivity contribution in [2.45, 2.75) is 31.7 Å². The van der Waals surface area contributed by atoms with E-state index in [9.17, 15) is 9.59 Å². The zero-order chi connectivity index (χ0) is 19.9. The molecule has 1 atom stereocenters. The molecule has 148 valence electrons. The molecule has 0 saturated carbocycles. The van der Waals surface area contributed by atoms with Gasteiger partial charge in [-0.05, 0) is 56.6 Å². The van der Waals surface area contributed by atoms with E-state index in [0.29, 0.717) is 13.0 Å². The van der Waals surface area contributed by atoms with Crippen LogP contribution in [0.25, 0.3) is 0 Å². The van der Waals surface area contributed by atoms with Crippen molar-refractivity contribution >= 4 is 17.5 Å². The Labute approximate surface area is 167 Å². The van der Waals surface area contributed by atoms with Gasteiger partial charge in [-0.2, -0.15) is 0 Å². The van der Waals surface area contributed by atoms with Crippen LogP contribution in [0.2, 0.25) is 0 Å². The third-order valence-electron chi connectivity index (χ3n) is 5.10. The van der Waals surface area contributed by atoms with Gasteiger partial charge in [0.1, 0.15) is 6.04 Å². The van der Waals surface area contributed by atoms with Crippen molar-refractivity contribution in [3.63, 3.8) is 0 Å². The average molecular weight is 380 g/mol. The summed E-state index contributed by atoms with van der Waals surface area (Å²) in [7, 11) is 4.11. The largest absolute Gasteiger partial charge is 0.327 e. The summed E-state index contributed by atoms with van der Waals surface area (Å²) in [6.07, 6.45) is 3.31. The lowest BCUT2D eigenvalue weighted by Gasteiger charge is -2.34. The van der Waals surface area contributed by atoms with Gasteiger partial charge in [-0.1, -0.05) is 42.5 Å². The maximum absolute atomic E-state index is 13.1. The predicted molar refractivity (Wildman–Crippen MR) is 112 cm³/mol. The molecule has 1 unspecified atom stereocenters. The minimum absolute atomic E-state index is 0.0503. The van der Waals surface area contributed by atoms with E-state index in [2.05, 4.69) is 24.3 Å². The highest BCUT2D eigenvalue weighted by atomic mass is 16.2. The number of hydrogen-bond acceptors (Lipinski definition) is 3. The first kappa shape index (κ1) is 20.1. The minimum Gasteiger partial charge on any atom is -0.327 e. The number of likely N-dealkylation sites (tertiary alicyclic amines) is 1. The number of hydrogen-bond donors (Lipinski definition) is 1. The Morgan fingerprint density at radius 3 is 2.43 bits per heavy atom. The first-order chi connectivity index (χ1) is 13.5. The molecule has 28 heavy (non-hydrogen) atoms. The summed E-state index contributed by atoms with van der Waals surface area (Å²) in [6.45, 7) is 1.61. The van der Waals surface area contributed by atoms with Crippen molar-refractivity contribution in [1.29, 1.82) is 0 Å². The molecule has 1 fully saturated rings. The monoisotopic (exact) mass is 379 g/mol. The smallest absolute Gasteiger partial charge is 0.251 e. The number of amides is 2. The van der Waals surface area contributed by atoms with Gasteiger partial charge in [-0.15, -0.1) is 0 Å². The Hall–Kier alpha value is -2.66. The highest BCUT2D eigenvalue weighted by Gasteiger charge is 2.32. The SMILES string of the molecule is CN(C)CCc1ccc(NC(=O)C(c2ccccc2)N2CCCCC2=O)cc1. The third-order valence-corrected chi connectivity index (χ3v) is 5.10. The third kappa shape index (κ3) is 5.20. The molecule has 0 aromatic heterocycles. The second-order valence-electron chi connectivity index (χ2n) is 7.60. The molecule has 2 aromatic rings. The van der Waals surface area contributed by atoms with Crippen LogP contribution in [-0.4, -0.2) is 48.8 Å². The quantitative estimate of drug-likeness (QED) is 0.801. The molecule has 1 saturated heterocycles. The summed E-state index contributed by atoms with van der Waals surface area (Å²) in [6, 6.07) is 16.9. The Balaban J connectivity index is 1.75. The van der Waals surface area contributed by atoms with Gasteiger partial charge < -0.3 is 15.1 Å². The molecule has 1 aliphatic rings. The predicted octanol–water partition coefficient (Wildman–Crippen LogP) is 3.48. The molecule has 2 aromatic carbocycles. The van der Waals surface area contributed by atoms with Crippen molar-refractivity contribution < 1.29 is 9.59 Å². The molecule has 0 bridgehead atoms. The number of anilines is 1. The normalized spacial score (nSPS) is 15.5. The number of carbonyl (C=O) groups is 2. The Morgan fingerprint density at radius 1 is 1.07 bits per heavy atom. The zero-order valence-electron chi connectivity index (χ0n) is 16.7. The zero-order valence-corrected chi connectivity index (χ0v) is 16.7. The van der Waals surface area contributed by atoms with E-state index < -0.39 is 6.04 Å². The van der Waals surface area contributed by atoms with Crippen molar-refractivity contribution in [2.75, 3.05) is 32.5 Å². The topological polar surface area (TPSA) is 52.7 Å². The van der Waals surface area contributed by atoms with Gasteiger partial charge >= 0.3 is 0 Å². The maximum Gasteiger partial charge on any atom is 0.251 e. The minimum atomic E-state index is -0.595. The molecule has 0 radical (unpaired) electrons. The number of nitrogens with zero attached hydrogens (tertiary/aromatic N) is 2. The molecule has 1 aliphatic heterocycles. The van der Waals surface area contributed by atoms with Crippen LogP contribution in [0.5, 0.6) is 0 Å². The molecule has 5 nitrogen and oxygen atoms in total. The molecule has 0 aliphatic carbocycles. The fourth-order valence-electron chi connectivity index (χ4n) is 3.53. The van der Waals surface area contributed by atoms with Gasteiger partial charge in [0.05, 0.1) is 0 Å². The van der Waals surface area contributed by atoms with E-state index in [-0.39, 0.29) is 11.8 Å². The number of nitrogens with one attached hydrogen (secondary N) is 1. The highest BCUT2D eigenvalue weighted by Crippen LogP contribution is 2.27. The van der Waals surface area contributed by atoms with Crippen LogP contribution < -0.4 is 5.32 Å². The number of piperidine rings is 1. The first-order valence-corrected chi connectivity index (χ1v) is 9.93. The summed E-state index contributed by atoms with van der Waals surface area (Å²) in [5.41, 5.74) is 2.83. The van der Waals surface area contributed by atoms with Crippen molar-refractivity contribution in [1.82, 2.24) is 9.80 Å². The van der Waals surface area contributed by atoms with Crippen LogP contribution in [-0.2, 0) is 16.0 Å². The standard InChI is InChI=1S/C23H29N3O2/c1-25(2)17-15-18-11-13-20(14-12-18)24-23(28)22(19-8-4-3-5-9-19)26-16-7-6-10-21(26)27/h3-5,8-9,11-14,22H,6-7,10,15-17H2,1-2H3,(H,24,28). The summed E-state index contributed by atoms with van der Waals surface area (Å²) >= 11 is 0. The van der Waals surface area contributed by atoms with Crippen LogP contribution in [0.4, 0.5) is 5.69 Å². The fourth-order valence-corrected chi connectivity index (χ4v) is 3.53. The van der Waals surface area contributed by atoms with Gasteiger partial charge in [-0.25, -0.2) is 0 Å². The second kappa shape index (κ2) is 9.51. The van der Waals surface area contributed by atoms with Crippen LogP contribution in [0.3, 0.4) is 0 Å². The average Bonchev–Trinajstić information content (AvgIpc) is 2.70. The van der Waals surface area contributed by atoms with Crippen LogP contribution >= 0.6 is 0 Å². The number of benzene rings is 2. The van der Waals surface area contributed by atoms with E-state index >= 15 is 0 Å². The van der Waals surface area contributed by atoms with E-state index in [0.717, 1.165) is 37.1 Å². The first-order valence-electron chi connectivity index (χ1n) is 9.93. The lowest BCUT2D eigenvalue weighted by molar-refractivity contribution is -0.141. The van der Waals surface area contributed by atoms with Crippen molar-refractivity contribution in [3.05, 3.63) is 65.7 Å². The summed E-state index contributed by atoms with van der Waals surface area (Å²) in [5, 5.41) is 3.01. The Morgan fingerprint density at radius 2 is 1.79 bits per heavy atom. The lowest BCUT2D eigenvalue weighted by Crippen LogP contribution is -2.43. The Bertz CT molecular complexity index is 787. The van der Waals surface area contributed by atoms with E-state index in [1.807, 2.05) is 54.6 Å². The van der Waals surface area contributed by atoms with Crippen LogP contribution in [0.15, 0.2) is 54.6 Å². The van der Waals surface area contributed by atoms with Gasteiger partial charge in [0.2, 0.25) is 5.91 Å². The molecule has 1 N–H and O–H groups in total. The van der Waals surface area contributed by atoms with E-state index in [1.54, 1.807) is 4.90 Å². The lowest BCUT2D eigenvalue weighted by atomic mass is 10.0. The molecular weight excluding hydrogens is 350 g/mol. The van der Waals surface area contributed by atoms with Crippen LogP contribution in [0, 0.1) is 0 Å². The number of rotatable bonds is 7. The van der Waals surface area contributed by atoms with Gasteiger partial charge in [0, 0.05) is 25.2 Å². The molecule has 3 rings (SSSR count). The molecule has 1 heterocycles. The second-order valence-corrected chi connectivity index (χ2v) is 7.60. The molecule has 0 spiro atoms. The summed E-state index contributed by atoms with van der Waals surface area (Å²) in [5.74, 6) is -0.114. The number of carbonyl (C=O) groups excluding carboxylic acids is 2. The fraction of sp³-hybridized carbons (Fsp3) is 0.391. The molecule has 2 amide bonds. The molecule has 5 heteroatoms. The maximum atomic E-state index is 13.1. The van der Waals surface area contributed by atoms with E-state index in [1.165, 1.54) is 5.56 Å². The van der Waals surface area contributed by atoms with Gasteiger partial charge in [0.15, 0.2) is 0 Å².